The van der Waals surface area contributed by atoms with Crippen molar-refractivity contribution < 1.29 is 9.90 Å². The van der Waals surface area contributed by atoms with Gasteiger partial charge in [0.2, 0.25) is 0 Å². The molecule has 4 heteroatoms. The van der Waals surface area contributed by atoms with E-state index in [9.17, 15) is 9.90 Å². The average Bonchev–Trinajstić information content (AvgIpc) is 2.53. The van der Waals surface area contributed by atoms with Crippen LogP contribution in [0.3, 0.4) is 0 Å². The second-order valence-corrected chi connectivity index (χ2v) is 4.77. The van der Waals surface area contributed by atoms with Gasteiger partial charge in [-0.05, 0) is 24.3 Å². The molecule has 2 N–H and O–H groups in total. The van der Waals surface area contributed by atoms with Crippen molar-refractivity contribution in [2.24, 2.45) is 0 Å². The molecule has 0 aliphatic rings. The third-order valence-electron chi connectivity index (χ3n) is 2.90. The van der Waals surface area contributed by atoms with Gasteiger partial charge in [-0.15, -0.1) is 11.6 Å². The summed E-state index contributed by atoms with van der Waals surface area (Å²) in [6, 6.07) is 16.3. The van der Waals surface area contributed by atoms with Crippen molar-refractivity contribution in [3.8, 4) is 0 Å². The SMILES string of the molecule is O=C(c1ccccc1)c1ccc(NCC(O)CCl)cc1. The second kappa shape index (κ2) is 7.08. The molecule has 0 fully saturated rings. The Balaban J connectivity index is 2.03. The predicted molar refractivity (Wildman–Crippen MR) is 81.5 cm³/mol. The summed E-state index contributed by atoms with van der Waals surface area (Å²) in [4.78, 5) is 12.2. The number of hydrogen-bond acceptors (Lipinski definition) is 3. The Morgan fingerprint density at radius 1 is 1.05 bits per heavy atom. The fourth-order valence-electron chi connectivity index (χ4n) is 1.79. The number of nitrogens with one attached hydrogen (secondary N) is 1. The maximum atomic E-state index is 12.2. The summed E-state index contributed by atoms with van der Waals surface area (Å²) in [5.74, 6) is 0.190. The first-order valence-electron chi connectivity index (χ1n) is 6.38. The lowest BCUT2D eigenvalue weighted by Gasteiger charge is -2.10. The number of carbonyl (C=O) groups is 1. The number of aliphatic hydroxyl groups excluding tert-OH is 1. The van der Waals surface area contributed by atoms with E-state index in [1.54, 1.807) is 24.3 Å². The van der Waals surface area contributed by atoms with Crippen molar-refractivity contribution in [2.45, 2.75) is 6.10 Å². The first-order valence-corrected chi connectivity index (χ1v) is 6.92. The zero-order valence-corrected chi connectivity index (χ0v) is 11.7. The highest BCUT2D eigenvalue weighted by Crippen LogP contribution is 2.13. The molecule has 0 saturated heterocycles. The van der Waals surface area contributed by atoms with E-state index < -0.39 is 6.10 Å². The van der Waals surface area contributed by atoms with Crippen molar-refractivity contribution in [3.63, 3.8) is 0 Å². The van der Waals surface area contributed by atoms with Gasteiger partial charge in [0.1, 0.15) is 0 Å². The molecule has 2 aromatic rings. The van der Waals surface area contributed by atoms with E-state index >= 15 is 0 Å². The van der Waals surface area contributed by atoms with Crippen LogP contribution in [0.4, 0.5) is 5.69 Å². The van der Waals surface area contributed by atoms with E-state index in [2.05, 4.69) is 5.32 Å². The molecule has 3 nitrogen and oxygen atoms in total. The van der Waals surface area contributed by atoms with Crippen LogP contribution >= 0.6 is 11.6 Å². The molecule has 0 aliphatic heterocycles. The third kappa shape index (κ3) is 3.83. The van der Waals surface area contributed by atoms with Gasteiger partial charge in [0.25, 0.3) is 0 Å². The lowest BCUT2D eigenvalue weighted by atomic mass is 10.0. The zero-order chi connectivity index (χ0) is 14.4. The Morgan fingerprint density at radius 2 is 1.65 bits per heavy atom. The number of halogens is 1. The summed E-state index contributed by atoms with van der Waals surface area (Å²) < 4.78 is 0. The van der Waals surface area contributed by atoms with Crippen LogP contribution in [0.1, 0.15) is 15.9 Å². The summed E-state index contributed by atoms with van der Waals surface area (Å²) in [5.41, 5.74) is 2.16. The van der Waals surface area contributed by atoms with Gasteiger partial charge >= 0.3 is 0 Å². The molecule has 2 aromatic carbocycles. The van der Waals surface area contributed by atoms with E-state index in [4.69, 9.17) is 11.6 Å². The van der Waals surface area contributed by atoms with Gasteiger partial charge in [0, 0.05) is 23.4 Å². The van der Waals surface area contributed by atoms with Crippen LogP contribution < -0.4 is 5.32 Å². The minimum atomic E-state index is -0.581. The smallest absolute Gasteiger partial charge is 0.193 e. The average molecular weight is 290 g/mol. The topological polar surface area (TPSA) is 49.3 Å². The molecule has 0 bridgehead atoms. The largest absolute Gasteiger partial charge is 0.390 e. The summed E-state index contributed by atoms with van der Waals surface area (Å²) >= 11 is 5.52. The highest BCUT2D eigenvalue weighted by Gasteiger charge is 2.08. The molecular formula is C16H16ClNO2. The van der Waals surface area contributed by atoms with Crippen LogP contribution in [0.25, 0.3) is 0 Å². The molecule has 2 rings (SSSR count). The fourth-order valence-corrected chi connectivity index (χ4v) is 1.89. The van der Waals surface area contributed by atoms with Gasteiger partial charge in [-0.3, -0.25) is 4.79 Å². The van der Waals surface area contributed by atoms with Crippen LogP contribution in [0.2, 0.25) is 0 Å². The monoisotopic (exact) mass is 289 g/mol. The van der Waals surface area contributed by atoms with Gasteiger partial charge in [-0.25, -0.2) is 0 Å². The molecule has 0 aliphatic carbocycles. The number of ketones is 1. The van der Waals surface area contributed by atoms with Gasteiger partial charge in [-0.1, -0.05) is 30.3 Å². The maximum absolute atomic E-state index is 12.2. The summed E-state index contributed by atoms with van der Waals surface area (Å²) in [6.45, 7) is 0.384. The van der Waals surface area contributed by atoms with Gasteiger partial charge in [-0.2, -0.15) is 0 Å². The highest BCUT2D eigenvalue weighted by atomic mass is 35.5. The second-order valence-electron chi connectivity index (χ2n) is 4.46. The molecule has 104 valence electrons. The van der Waals surface area contributed by atoms with Crippen molar-refractivity contribution in [3.05, 3.63) is 65.7 Å². The molecule has 0 heterocycles. The van der Waals surface area contributed by atoms with Gasteiger partial charge < -0.3 is 10.4 Å². The summed E-state index contributed by atoms with van der Waals surface area (Å²) in [5, 5.41) is 12.4. The standard InChI is InChI=1S/C16H16ClNO2/c17-10-15(19)11-18-14-8-6-13(7-9-14)16(20)12-4-2-1-3-5-12/h1-9,15,18-19H,10-11H2. The van der Waals surface area contributed by atoms with Crippen LogP contribution in [0.15, 0.2) is 54.6 Å². The molecule has 20 heavy (non-hydrogen) atoms. The number of carbonyl (C=O) groups excluding carboxylic acids is 1. The van der Waals surface area contributed by atoms with Crippen molar-refractivity contribution in [1.82, 2.24) is 0 Å². The highest BCUT2D eigenvalue weighted by molar-refractivity contribution is 6.18. The first-order chi connectivity index (χ1) is 9.70. The Hall–Kier alpha value is -1.84. The maximum Gasteiger partial charge on any atom is 0.193 e. The summed E-state index contributed by atoms with van der Waals surface area (Å²) in [6.07, 6.45) is -0.581. The Morgan fingerprint density at radius 3 is 2.25 bits per heavy atom. The number of aliphatic hydroxyl groups is 1. The molecule has 0 saturated carbocycles. The number of benzene rings is 2. The number of rotatable bonds is 6. The normalized spacial score (nSPS) is 11.9. The molecule has 1 unspecified atom stereocenters. The molecule has 1 atom stereocenters. The Bertz CT molecular complexity index is 554. The Kier molecular flexibility index (Phi) is 5.16. The van der Waals surface area contributed by atoms with E-state index in [-0.39, 0.29) is 11.7 Å². The first kappa shape index (κ1) is 14.6. The Labute approximate surface area is 123 Å². The minimum Gasteiger partial charge on any atom is -0.390 e. The van der Waals surface area contributed by atoms with Crippen molar-refractivity contribution in [2.75, 3.05) is 17.7 Å². The van der Waals surface area contributed by atoms with E-state index in [1.165, 1.54) is 0 Å². The van der Waals surface area contributed by atoms with Crippen LogP contribution in [-0.4, -0.2) is 29.4 Å². The van der Waals surface area contributed by atoms with E-state index in [0.29, 0.717) is 17.7 Å². The van der Waals surface area contributed by atoms with Crippen LogP contribution in [0, 0.1) is 0 Å². The predicted octanol–water partition coefficient (Wildman–Crippen LogP) is 2.93. The van der Waals surface area contributed by atoms with Crippen molar-refractivity contribution in [1.29, 1.82) is 0 Å². The van der Waals surface area contributed by atoms with Gasteiger partial charge in [0.15, 0.2) is 5.78 Å². The molecule has 0 aromatic heterocycles. The minimum absolute atomic E-state index is 0.00190. The number of hydrogen-bond donors (Lipinski definition) is 2. The van der Waals surface area contributed by atoms with Crippen LogP contribution in [-0.2, 0) is 0 Å². The third-order valence-corrected chi connectivity index (χ3v) is 3.26. The lowest BCUT2D eigenvalue weighted by molar-refractivity contribution is 0.103. The van der Waals surface area contributed by atoms with Gasteiger partial charge in [0.05, 0.1) is 12.0 Å². The summed E-state index contributed by atoms with van der Waals surface area (Å²) in [7, 11) is 0. The zero-order valence-electron chi connectivity index (χ0n) is 10.9. The molecule has 0 amide bonds. The van der Waals surface area contributed by atoms with Crippen LogP contribution in [0.5, 0.6) is 0 Å². The molecular weight excluding hydrogens is 274 g/mol. The quantitative estimate of drug-likeness (QED) is 0.635. The number of anilines is 1. The lowest BCUT2D eigenvalue weighted by Crippen LogP contribution is -2.20. The molecule has 0 spiro atoms. The fraction of sp³-hybridized carbons (Fsp3) is 0.188. The van der Waals surface area contributed by atoms with E-state index in [0.717, 1.165) is 5.69 Å². The number of alkyl halides is 1. The van der Waals surface area contributed by atoms with E-state index in [1.807, 2.05) is 30.3 Å². The molecule has 0 radical (unpaired) electrons. The van der Waals surface area contributed by atoms with Crippen molar-refractivity contribution >= 4 is 23.1 Å².